The largest absolute Gasteiger partial charge is 0.385 e. The van der Waals surface area contributed by atoms with Crippen molar-refractivity contribution >= 4 is 5.91 Å². The Hall–Kier alpha value is -1.53. The number of rotatable bonds is 6. The number of carbonyl (C=O) groups is 1. The molecule has 1 aliphatic rings. The van der Waals surface area contributed by atoms with Crippen molar-refractivity contribution in [1.82, 2.24) is 10.6 Å². The molecule has 2 atom stereocenters. The average Bonchev–Trinajstić information content (AvgIpc) is 2.54. The highest BCUT2D eigenvalue weighted by atomic mass is 19.2. The van der Waals surface area contributed by atoms with Gasteiger partial charge in [-0.15, -0.1) is 0 Å². The molecule has 6 heteroatoms. The Balaban J connectivity index is 2.22. The number of carbonyl (C=O) groups excluding carboxylic acids is 1. The van der Waals surface area contributed by atoms with Crippen LogP contribution < -0.4 is 10.6 Å². The van der Waals surface area contributed by atoms with Gasteiger partial charge in [-0.05, 0) is 38.3 Å². The minimum absolute atomic E-state index is 0.00836. The van der Waals surface area contributed by atoms with Crippen LogP contribution in [-0.2, 0) is 10.4 Å². The van der Waals surface area contributed by atoms with Crippen molar-refractivity contribution in [3.8, 4) is 0 Å². The van der Waals surface area contributed by atoms with Crippen molar-refractivity contribution in [2.45, 2.75) is 38.2 Å². The summed E-state index contributed by atoms with van der Waals surface area (Å²) in [4.78, 5) is 10.9. The molecule has 1 heterocycles. The number of nitrogens with one attached hydrogen (secondary N) is 2. The second-order valence-corrected chi connectivity index (χ2v) is 6.16. The molecular weight excluding hydrogens is 302 g/mol. The number of amides is 1. The number of halogens is 2. The molecule has 0 bridgehead atoms. The Bertz CT molecular complexity index is 547. The SMILES string of the molecule is CC(=O)NCCCC(O)(c1cccc(F)c1F)C1CCCNC1. The standard InChI is InChI=1S/C17H24F2N2O2/c1-12(22)21-10-4-8-17(23,13-5-3-9-20-11-13)14-6-2-7-15(18)16(14)19/h2,6-7,13,20,23H,3-5,8-11H2,1H3,(H,21,22). The van der Waals surface area contributed by atoms with Crippen molar-refractivity contribution in [3.05, 3.63) is 35.4 Å². The molecule has 1 aromatic rings. The molecule has 0 saturated carbocycles. The quantitative estimate of drug-likeness (QED) is 0.701. The Labute approximate surface area is 135 Å². The zero-order valence-electron chi connectivity index (χ0n) is 13.4. The van der Waals surface area contributed by atoms with Gasteiger partial charge in [0.05, 0.1) is 5.60 Å². The van der Waals surface area contributed by atoms with Gasteiger partial charge in [0, 0.05) is 31.5 Å². The summed E-state index contributed by atoms with van der Waals surface area (Å²) in [5.74, 6) is -2.28. The Morgan fingerprint density at radius 1 is 1.48 bits per heavy atom. The lowest BCUT2D eigenvalue weighted by molar-refractivity contribution is -0.119. The van der Waals surface area contributed by atoms with Gasteiger partial charge in [0.1, 0.15) is 0 Å². The summed E-state index contributed by atoms with van der Waals surface area (Å²) in [6.07, 6.45) is 2.39. The van der Waals surface area contributed by atoms with Crippen LogP contribution in [0.15, 0.2) is 18.2 Å². The van der Waals surface area contributed by atoms with E-state index in [1.807, 2.05) is 0 Å². The van der Waals surface area contributed by atoms with E-state index in [0.717, 1.165) is 25.5 Å². The summed E-state index contributed by atoms with van der Waals surface area (Å²) in [5.41, 5.74) is -1.44. The number of hydrogen-bond acceptors (Lipinski definition) is 3. The first-order chi connectivity index (χ1) is 10.9. The van der Waals surface area contributed by atoms with E-state index in [2.05, 4.69) is 10.6 Å². The molecule has 1 aromatic carbocycles. The highest BCUT2D eigenvalue weighted by Crippen LogP contribution is 2.39. The monoisotopic (exact) mass is 326 g/mol. The number of benzene rings is 1. The Kier molecular flexibility index (Phi) is 6.07. The first kappa shape index (κ1) is 17.8. The number of piperidine rings is 1. The first-order valence-electron chi connectivity index (χ1n) is 8.07. The molecule has 4 nitrogen and oxygen atoms in total. The van der Waals surface area contributed by atoms with Gasteiger partial charge < -0.3 is 15.7 Å². The summed E-state index contributed by atoms with van der Waals surface area (Å²) in [5, 5.41) is 17.1. The zero-order valence-corrected chi connectivity index (χ0v) is 13.4. The molecule has 1 aliphatic heterocycles. The maximum absolute atomic E-state index is 14.3. The summed E-state index contributed by atoms with van der Waals surface area (Å²) in [6, 6.07) is 3.92. The van der Waals surface area contributed by atoms with E-state index in [0.29, 0.717) is 19.5 Å². The topological polar surface area (TPSA) is 61.4 Å². The first-order valence-corrected chi connectivity index (χ1v) is 8.07. The van der Waals surface area contributed by atoms with Gasteiger partial charge in [-0.3, -0.25) is 4.79 Å². The van der Waals surface area contributed by atoms with E-state index < -0.39 is 17.2 Å². The van der Waals surface area contributed by atoms with Crippen molar-refractivity contribution in [2.75, 3.05) is 19.6 Å². The van der Waals surface area contributed by atoms with Gasteiger partial charge in [0.15, 0.2) is 11.6 Å². The predicted molar refractivity (Wildman–Crippen MR) is 83.8 cm³/mol. The molecule has 2 rings (SSSR count). The molecule has 0 aromatic heterocycles. The fourth-order valence-electron chi connectivity index (χ4n) is 3.28. The van der Waals surface area contributed by atoms with E-state index in [4.69, 9.17) is 0 Å². The summed E-state index contributed by atoms with van der Waals surface area (Å²) in [7, 11) is 0. The molecule has 2 unspecified atom stereocenters. The normalized spacial score (nSPS) is 20.8. The third-order valence-electron chi connectivity index (χ3n) is 4.50. The number of aliphatic hydroxyl groups is 1. The van der Waals surface area contributed by atoms with E-state index in [1.165, 1.54) is 19.1 Å². The molecule has 128 valence electrons. The fraction of sp³-hybridized carbons (Fsp3) is 0.588. The smallest absolute Gasteiger partial charge is 0.216 e. The molecule has 1 saturated heterocycles. The van der Waals surface area contributed by atoms with Gasteiger partial charge in [0.25, 0.3) is 0 Å². The van der Waals surface area contributed by atoms with Gasteiger partial charge in [-0.2, -0.15) is 0 Å². The molecule has 0 radical (unpaired) electrons. The van der Waals surface area contributed by atoms with E-state index >= 15 is 0 Å². The van der Waals surface area contributed by atoms with Crippen LogP contribution >= 0.6 is 0 Å². The van der Waals surface area contributed by atoms with Crippen LogP contribution in [0.4, 0.5) is 8.78 Å². The lowest BCUT2D eigenvalue weighted by Gasteiger charge is -2.39. The van der Waals surface area contributed by atoms with E-state index in [1.54, 1.807) is 0 Å². The Morgan fingerprint density at radius 2 is 2.26 bits per heavy atom. The summed E-state index contributed by atoms with van der Waals surface area (Å²) >= 11 is 0. The van der Waals surface area contributed by atoms with Crippen LogP contribution in [0.25, 0.3) is 0 Å². The third-order valence-corrected chi connectivity index (χ3v) is 4.50. The molecule has 1 fully saturated rings. The third kappa shape index (κ3) is 4.26. The average molecular weight is 326 g/mol. The minimum Gasteiger partial charge on any atom is -0.385 e. The van der Waals surface area contributed by atoms with Gasteiger partial charge >= 0.3 is 0 Å². The Morgan fingerprint density at radius 3 is 2.91 bits per heavy atom. The highest BCUT2D eigenvalue weighted by molar-refractivity contribution is 5.72. The lowest BCUT2D eigenvalue weighted by atomic mass is 9.74. The zero-order chi connectivity index (χ0) is 16.9. The summed E-state index contributed by atoms with van der Waals surface area (Å²) in [6.45, 7) is 3.24. The van der Waals surface area contributed by atoms with Crippen molar-refractivity contribution in [1.29, 1.82) is 0 Å². The second kappa shape index (κ2) is 7.84. The molecular formula is C17H24F2N2O2. The van der Waals surface area contributed by atoms with Crippen molar-refractivity contribution in [3.63, 3.8) is 0 Å². The molecule has 0 spiro atoms. The van der Waals surface area contributed by atoms with Crippen LogP contribution in [0.3, 0.4) is 0 Å². The molecule has 3 N–H and O–H groups in total. The van der Waals surface area contributed by atoms with Crippen LogP contribution in [0.1, 0.15) is 38.2 Å². The predicted octanol–water partition coefficient (Wildman–Crippen LogP) is 2.07. The second-order valence-electron chi connectivity index (χ2n) is 6.16. The maximum atomic E-state index is 14.3. The van der Waals surface area contributed by atoms with Crippen LogP contribution in [0.2, 0.25) is 0 Å². The van der Waals surface area contributed by atoms with Crippen LogP contribution in [0.5, 0.6) is 0 Å². The molecule has 23 heavy (non-hydrogen) atoms. The number of hydrogen-bond donors (Lipinski definition) is 3. The minimum atomic E-state index is -1.45. The van der Waals surface area contributed by atoms with Crippen molar-refractivity contribution < 1.29 is 18.7 Å². The summed E-state index contributed by atoms with van der Waals surface area (Å²) < 4.78 is 27.9. The van der Waals surface area contributed by atoms with Crippen LogP contribution in [0, 0.1) is 17.6 Å². The highest BCUT2D eigenvalue weighted by Gasteiger charge is 2.40. The fourth-order valence-corrected chi connectivity index (χ4v) is 3.28. The molecule has 0 aliphatic carbocycles. The molecule has 1 amide bonds. The van der Waals surface area contributed by atoms with E-state index in [9.17, 15) is 18.7 Å². The van der Waals surface area contributed by atoms with Gasteiger partial charge in [-0.25, -0.2) is 8.78 Å². The lowest BCUT2D eigenvalue weighted by Crippen LogP contribution is -2.45. The van der Waals surface area contributed by atoms with E-state index in [-0.39, 0.29) is 23.8 Å². The van der Waals surface area contributed by atoms with Crippen molar-refractivity contribution in [2.24, 2.45) is 5.92 Å². The van der Waals surface area contributed by atoms with Crippen LogP contribution in [-0.4, -0.2) is 30.6 Å². The van der Waals surface area contributed by atoms with Gasteiger partial charge in [-0.1, -0.05) is 12.1 Å². The maximum Gasteiger partial charge on any atom is 0.216 e. The van der Waals surface area contributed by atoms with Gasteiger partial charge in [0.2, 0.25) is 5.91 Å².